The van der Waals surface area contributed by atoms with Crippen LogP contribution in [0.1, 0.15) is 15.4 Å². The molecule has 7 heteroatoms. The molecule has 0 atom stereocenters. The van der Waals surface area contributed by atoms with Gasteiger partial charge in [-0.25, -0.2) is 4.98 Å². The second-order valence-electron chi connectivity index (χ2n) is 5.40. The topological polar surface area (TPSA) is 45.2 Å². The minimum Gasteiger partial charge on any atom is -0.376 e. The highest BCUT2D eigenvalue weighted by Crippen LogP contribution is 2.35. The van der Waals surface area contributed by atoms with Gasteiger partial charge in [0.1, 0.15) is 9.88 Å². The van der Waals surface area contributed by atoms with Gasteiger partial charge in [0.25, 0.3) is 5.91 Å². The highest BCUT2D eigenvalue weighted by molar-refractivity contribution is 7.24. The van der Waals surface area contributed by atoms with E-state index in [1.54, 1.807) is 0 Å². The molecule has 1 amide bonds. The molecule has 0 radical (unpaired) electrons. The van der Waals surface area contributed by atoms with E-state index in [0.717, 1.165) is 27.0 Å². The first-order valence-corrected chi connectivity index (χ1v) is 9.27. The number of benzene rings is 1. The molecule has 1 aromatic carbocycles. The number of anilines is 2. The van der Waals surface area contributed by atoms with Gasteiger partial charge in [-0.05, 0) is 31.2 Å². The van der Waals surface area contributed by atoms with Crippen molar-refractivity contribution in [2.75, 3.05) is 24.3 Å². The number of nitrogens with zero attached hydrogens (tertiary/aromatic N) is 2. The summed E-state index contributed by atoms with van der Waals surface area (Å²) in [6.07, 6.45) is 0. The number of carbonyl (C=O) groups excluding carboxylic acids is 1. The minimum absolute atomic E-state index is 0.145. The molecule has 124 valence electrons. The molecule has 0 bridgehead atoms. The molecule has 0 spiro atoms. The van der Waals surface area contributed by atoms with Crippen LogP contribution in [0, 0.1) is 6.92 Å². The summed E-state index contributed by atoms with van der Waals surface area (Å²) in [5.41, 5.74) is 2.46. The second-order valence-corrected chi connectivity index (χ2v) is 8.12. The largest absolute Gasteiger partial charge is 0.376 e. The van der Waals surface area contributed by atoms with Crippen LogP contribution < -0.4 is 10.2 Å². The fourth-order valence-electron chi connectivity index (χ4n) is 2.29. The number of thiophene rings is 1. The zero-order valence-electron chi connectivity index (χ0n) is 13.5. The Bertz CT molecular complexity index is 886. The molecule has 0 aliphatic heterocycles. The van der Waals surface area contributed by atoms with Crippen LogP contribution in [-0.4, -0.2) is 25.0 Å². The molecule has 0 aliphatic carbocycles. The summed E-state index contributed by atoms with van der Waals surface area (Å²) in [7, 11) is 3.89. The van der Waals surface area contributed by atoms with Crippen LogP contribution in [0.3, 0.4) is 0 Å². The molecule has 0 unspecified atom stereocenters. The van der Waals surface area contributed by atoms with Gasteiger partial charge >= 0.3 is 0 Å². The Morgan fingerprint density at radius 3 is 2.58 bits per heavy atom. The highest BCUT2D eigenvalue weighted by atomic mass is 35.5. The van der Waals surface area contributed by atoms with Crippen molar-refractivity contribution in [2.45, 2.75) is 6.92 Å². The lowest BCUT2D eigenvalue weighted by atomic mass is 10.2. The fraction of sp³-hybridized carbons (Fsp3) is 0.176. The Labute approximate surface area is 153 Å². The summed E-state index contributed by atoms with van der Waals surface area (Å²) in [6, 6.07) is 11.5. The third kappa shape index (κ3) is 3.45. The number of carbonyl (C=O) groups is 1. The Morgan fingerprint density at radius 2 is 1.92 bits per heavy atom. The maximum atomic E-state index is 12.7. The van der Waals surface area contributed by atoms with Crippen molar-refractivity contribution < 1.29 is 4.79 Å². The molecular weight excluding hydrogens is 362 g/mol. The van der Waals surface area contributed by atoms with E-state index in [1.807, 2.05) is 62.3 Å². The van der Waals surface area contributed by atoms with Crippen molar-refractivity contribution in [1.29, 1.82) is 0 Å². The lowest BCUT2D eigenvalue weighted by molar-refractivity contribution is 0.103. The van der Waals surface area contributed by atoms with E-state index in [0.29, 0.717) is 9.21 Å². The molecule has 3 aromatic rings. The van der Waals surface area contributed by atoms with Gasteiger partial charge < -0.3 is 10.2 Å². The van der Waals surface area contributed by atoms with Gasteiger partial charge in [-0.1, -0.05) is 23.7 Å². The first-order chi connectivity index (χ1) is 11.5. The van der Waals surface area contributed by atoms with E-state index in [4.69, 9.17) is 11.6 Å². The Balaban J connectivity index is 1.87. The van der Waals surface area contributed by atoms with Crippen LogP contribution in [0.25, 0.3) is 9.88 Å². The van der Waals surface area contributed by atoms with Crippen molar-refractivity contribution in [3.63, 3.8) is 0 Å². The van der Waals surface area contributed by atoms with Crippen LogP contribution >= 0.6 is 34.3 Å². The number of para-hydroxylation sites is 2. The molecule has 2 aromatic heterocycles. The van der Waals surface area contributed by atoms with Gasteiger partial charge in [0.05, 0.1) is 26.3 Å². The van der Waals surface area contributed by atoms with E-state index in [1.165, 1.54) is 22.7 Å². The van der Waals surface area contributed by atoms with Crippen molar-refractivity contribution in [1.82, 2.24) is 4.98 Å². The first kappa shape index (κ1) is 17.0. The van der Waals surface area contributed by atoms with Gasteiger partial charge in [0, 0.05) is 14.1 Å². The minimum atomic E-state index is -0.145. The molecule has 0 aliphatic rings. The van der Waals surface area contributed by atoms with Gasteiger partial charge in [-0.15, -0.1) is 22.7 Å². The molecule has 4 nitrogen and oxygen atoms in total. The van der Waals surface area contributed by atoms with Crippen molar-refractivity contribution >= 4 is 51.6 Å². The predicted molar refractivity (Wildman–Crippen MR) is 104 cm³/mol. The average Bonchev–Trinajstić information content (AvgIpc) is 3.13. The van der Waals surface area contributed by atoms with E-state index >= 15 is 0 Å². The number of thiazole rings is 1. The van der Waals surface area contributed by atoms with E-state index < -0.39 is 0 Å². The number of aryl methyl sites for hydroxylation is 1. The van der Waals surface area contributed by atoms with Gasteiger partial charge in [0.15, 0.2) is 0 Å². The molecule has 24 heavy (non-hydrogen) atoms. The number of halogens is 1. The summed E-state index contributed by atoms with van der Waals surface area (Å²) in [6.45, 7) is 1.85. The predicted octanol–water partition coefficient (Wildman–Crippen LogP) is 5.15. The number of rotatable bonds is 4. The average molecular weight is 378 g/mol. The Morgan fingerprint density at radius 1 is 1.17 bits per heavy atom. The smallest absolute Gasteiger partial charge is 0.267 e. The first-order valence-electron chi connectivity index (χ1n) is 7.26. The molecular formula is C17H16ClN3OS2. The second kappa shape index (κ2) is 6.93. The number of nitrogens with one attached hydrogen (secondary N) is 1. The summed E-state index contributed by atoms with van der Waals surface area (Å²) in [5.74, 6) is -0.145. The standard InChI is InChI=1S/C17H16ClN3OS2/c1-10-15(24-17(19-10)13-8-9-14(18)23-13)16(22)20-11-6-4-5-7-12(11)21(2)3/h4-9H,1-3H3,(H,20,22). The third-order valence-electron chi connectivity index (χ3n) is 3.42. The third-order valence-corrected chi connectivity index (χ3v) is 5.98. The zero-order chi connectivity index (χ0) is 17.3. The normalized spacial score (nSPS) is 10.7. The van der Waals surface area contributed by atoms with Crippen molar-refractivity contribution in [3.8, 4) is 9.88 Å². The van der Waals surface area contributed by atoms with E-state index in [9.17, 15) is 4.79 Å². The highest BCUT2D eigenvalue weighted by Gasteiger charge is 2.18. The van der Waals surface area contributed by atoms with Gasteiger partial charge in [-0.3, -0.25) is 4.79 Å². The molecule has 0 saturated heterocycles. The number of amides is 1. The summed E-state index contributed by atoms with van der Waals surface area (Å²) in [5, 5.41) is 3.80. The lowest BCUT2D eigenvalue weighted by Crippen LogP contribution is -2.16. The van der Waals surface area contributed by atoms with Crippen molar-refractivity contribution in [2.24, 2.45) is 0 Å². The van der Waals surface area contributed by atoms with E-state index in [2.05, 4.69) is 10.3 Å². The number of aromatic nitrogens is 1. The Hall–Kier alpha value is -1.89. The molecule has 0 fully saturated rings. The SMILES string of the molecule is Cc1nc(-c2ccc(Cl)s2)sc1C(=O)Nc1ccccc1N(C)C. The fourth-order valence-corrected chi connectivity index (χ4v) is 4.35. The van der Waals surface area contributed by atoms with Crippen LogP contribution in [0.4, 0.5) is 11.4 Å². The summed E-state index contributed by atoms with van der Waals surface area (Å²) in [4.78, 5) is 20.7. The number of hydrogen-bond acceptors (Lipinski definition) is 5. The maximum absolute atomic E-state index is 12.7. The van der Waals surface area contributed by atoms with Crippen LogP contribution in [0.2, 0.25) is 4.34 Å². The molecule has 3 rings (SSSR count). The number of hydrogen-bond donors (Lipinski definition) is 1. The van der Waals surface area contributed by atoms with Crippen molar-refractivity contribution in [3.05, 3.63) is 51.3 Å². The molecule has 2 heterocycles. The molecule has 1 N–H and O–H groups in total. The quantitative estimate of drug-likeness (QED) is 0.683. The zero-order valence-corrected chi connectivity index (χ0v) is 15.9. The monoisotopic (exact) mass is 377 g/mol. The summed E-state index contributed by atoms with van der Waals surface area (Å²) >= 11 is 8.83. The van der Waals surface area contributed by atoms with E-state index in [-0.39, 0.29) is 5.91 Å². The Kier molecular flexibility index (Phi) is 4.89. The van der Waals surface area contributed by atoms with Crippen LogP contribution in [-0.2, 0) is 0 Å². The molecule has 0 saturated carbocycles. The van der Waals surface area contributed by atoms with Crippen LogP contribution in [0.5, 0.6) is 0 Å². The maximum Gasteiger partial charge on any atom is 0.267 e. The lowest BCUT2D eigenvalue weighted by Gasteiger charge is -2.17. The van der Waals surface area contributed by atoms with Crippen LogP contribution in [0.15, 0.2) is 36.4 Å². The summed E-state index contributed by atoms with van der Waals surface area (Å²) < 4.78 is 0.712. The van der Waals surface area contributed by atoms with Gasteiger partial charge in [0.2, 0.25) is 0 Å². The van der Waals surface area contributed by atoms with Gasteiger partial charge in [-0.2, -0.15) is 0 Å².